The van der Waals surface area contributed by atoms with Crippen LogP contribution in [0.2, 0.25) is 26.2 Å². The number of benzene rings is 2. The first kappa shape index (κ1) is 30.3. The molecule has 0 spiro atoms. The van der Waals surface area contributed by atoms with Gasteiger partial charge in [0.1, 0.15) is 0 Å². The van der Waals surface area contributed by atoms with Crippen molar-refractivity contribution in [1.29, 1.82) is 0 Å². The topological polar surface area (TPSA) is 0 Å². The van der Waals surface area contributed by atoms with Gasteiger partial charge in [-0.15, -0.1) is 0 Å². The number of rotatable bonds is 5. The van der Waals surface area contributed by atoms with E-state index in [0.29, 0.717) is 9.04 Å². The van der Waals surface area contributed by atoms with Gasteiger partial charge in [0.25, 0.3) is 0 Å². The average Bonchev–Trinajstić information content (AvgIpc) is 3.32. The first-order valence-electron chi connectivity index (χ1n) is 11.5. The Labute approximate surface area is 228 Å². The van der Waals surface area contributed by atoms with E-state index in [9.17, 15) is 0 Å². The third kappa shape index (κ3) is 9.11. The maximum absolute atomic E-state index is 2.44. The van der Waals surface area contributed by atoms with Gasteiger partial charge >= 0.3 is 163 Å². The third-order valence-corrected chi connectivity index (χ3v) is 18.9. The fourth-order valence-electron chi connectivity index (χ4n) is 3.60. The van der Waals surface area contributed by atoms with Crippen LogP contribution in [0.5, 0.6) is 0 Å². The van der Waals surface area contributed by atoms with Gasteiger partial charge in [-0.3, -0.25) is 0 Å². The molecule has 0 saturated heterocycles. The molecule has 5 heteroatoms. The average molecular weight is 591 g/mol. The van der Waals surface area contributed by atoms with Crippen molar-refractivity contribution in [3.05, 3.63) is 102 Å². The van der Waals surface area contributed by atoms with Gasteiger partial charge in [0.15, 0.2) is 0 Å². The van der Waals surface area contributed by atoms with Crippen molar-refractivity contribution in [1.82, 2.24) is 0 Å². The van der Waals surface area contributed by atoms with E-state index in [1.54, 1.807) is 6.56 Å². The molecular weight excluding hydrogens is 555 g/mol. The predicted molar refractivity (Wildman–Crippen MR) is 141 cm³/mol. The minimum Gasteiger partial charge on any atom is -1.00 e. The van der Waals surface area contributed by atoms with Crippen LogP contribution in [0, 0.1) is 0 Å². The van der Waals surface area contributed by atoms with E-state index in [1.165, 1.54) is 46.3 Å². The van der Waals surface area contributed by atoms with Crippen molar-refractivity contribution in [2.45, 2.75) is 52.9 Å². The summed E-state index contributed by atoms with van der Waals surface area (Å²) in [5.41, 5.74) is 8.83. The second-order valence-electron chi connectivity index (χ2n) is 9.79. The van der Waals surface area contributed by atoms with E-state index < -0.39 is 30.8 Å². The molecule has 2 aromatic rings. The van der Waals surface area contributed by atoms with E-state index in [0.717, 1.165) is 0 Å². The Kier molecular flexibility index (Phi) is 12.9. The van der Waals surface area contributed by atoms with Crippen molar-refractivity contribution in [3.8, 4) is 0 Å². The first-order valence-corrected chi connectivity index (χ1v) is 21.2. The fraction of sp³-hybridized carbons (Fsp3) is 0.286. The molecule has 0 radical (unpaired) electrons. The number of hydrogen-bond donors (Lipinski definition) is 0. The van der Waals surface area contributed by atoms with Gasteiger partial charge in [0.05, 0.1) is 0 Å². The molecule has 174 valence electrons. The smallest absolute Gasteiger partial charge is 0.0307 e. The summed E-state index contributed by atoms with van der Waals surface area (Å²) >= 11 is -0.675. The molecule has 0 saturated carbocycles. The van der Waals surface area contributed by atoms with Crippen LogP contribution in [0.15, 0.2) is 90.5 Å². The molecule has 0 amide bonds. The Morgan fingerprint density at radius 1 is 0.667 bits per heavy atom. The Bertz CT molecular complexity index is 953. The second-order valence-corrected chi connectivity index (χ2v) is 27.7. The van der Waals surface area contributed by atoms with Crippen LogP contribution in [0.1, 0.15) is 37.8 Å². The molecule has 0 unspecified atom stereocenters. The summed E-state index contributed by atoms with van der Waals surface area (Å²) in [5, 5.41) is 0. The molecule has 2 aliphatic carbocycles. The number of allylic oxidation sites excluding steroid dienone is 8. The molecule has 0 N–H and O–H groups in total. The normalized spacial score (nSPS) is 15.3. The van der Waals surface area contributed by atoms with E-state index >= 15 is 0 Å². The SMILES string of the molecule is CC1=[C]([Zr+2][C]2=C(C)C=C(c3ccccc3)C2)CC(c2ccccc2)=C1.C[SiH2][Si](C)(C)C.[Cl-].[Cl-]. The molecule has 2 aliphatic rings. The van der Waals surface area contributed by atoms with Gasteiger partial charge in [-0.05, 0) is 0 Å². The summed E-state index contributed by atoms with van der Waals surface area (Å²) in [4.78, 5) is 0. The van der Waals surface area contributed by atoms with E-state index in [-0.39, 0.29) is 24.8 Å². The van der Waals surface area contributed by atoms with Gasteiger partial charge in [0, 0.05) is 16.6 Å². The van der Waals surface area contributed by atoms with E-state index in [1.807, 2.05) is 0 Å². The van der Waals surface area contributed by atoms with Gasteiger partial charge in [0.2, 0.25) is 0 Å². The molecule has 0 nitrogen and oxygen atoms in total. The van der Waals surface area contributed by atoms with Crippen LogP contribution in [0.3, 0.4) is 0 Å². The Balaban J connectivity index is 0.000000608. The summed E-state index contributed by atoms with van der Waals surface area (Å²) in [5.74, 6) is 0. The molecule has 0 fully saturated rings. The van der Waals surface area contributed by atoms with Crippen LogP contribution in [0.25, 0.3) is 11.1 Å². The minimum absolute atomic E-state index is 0. The molecule has 0 bridgehead atoms. The minimum atomic E-state index is -0.675. The molecule has 0 atom stereocenters. The molecule has 4 rings (SSSR count). The second kappa shape index (κ2) is 14.0. The summed E-state index contributed by atoms with van der Waals surface area (Å²) in [7, 11) is -0.101. The van der Waals surface area contributed by atoms with Crippen LogP contribution >= 0.6 is 0 Å². The zero-order chi connectivity index (χ0) is 22.4. The Hall–Kier alpha value is -0.703. The van der Waals surface area contributed by atoms with E-state index in [4.69, 9.17) is 0 Å². The van der Waals surface area contributed by atoms with Crippen LogP contribution < -0.4 is 24.8 Å². The van der Waals surface area contributed by atoms with Gasteiger partial charge in [-0.25, -0.2) is 0 Å². The molecular formula is C28H36Cl2Si2Zr. The van der Waals surface area contributed by atoms with Crippen LogP contribution in [-0.4, -0.2) is 16.6 Å². The van der Waals surface area contributed by atoms with Gasteiger partial charge < -0.3 is 24.8 Å². The molecule has 0 aliphatic heterocycles. The van der Waals surface area contributed by atoms with Crippen molar-refractivity contribution in [2.24, 2.45) is 0 Å². The van der Waals surface area contributed by atoms with Gasteiger partial charge in [-0.2, -0.15) is 0 Å². The largest absolute Gasteiger partial charge is 1.00 e. The van der Waals surface area contributed by atoms with Crippen molar-refractivity contribution >= 4 is 27.8 Å². The summed E-state index contributed by atoms with van der Waals surface area (Å²) in [6, 6.07) is 21.7. The fourth-order valence-corrected chi connectivity index (χ4v) is 7.19. The quantitative estimate of drug-likeness (QED) is 0.465. The van der Waals surface area contributed by atoms with Crippen LogP contribution in [0.4, 0.5) is 0 Å². The van der Waals surface area contributed by atoms with Gasteiger partial charge in [-0.1, -0.05) is 26.2 Å². The van der Waals surface area contributed by atoms with Crippen molar-refractivity contribution in [3.63, 3.8) is 0 Å². The first-order chi connectivity index (χ1) is 14.8. The predicted octanol–water partition coefficient (Wildman–Crippen LogP) is 1.64. The third-order valence-electron chi connectivity index (χ3n) is 6.12. The van der Waals surface area contributed by atoms with Crippen molar-refractivity contribution < 1.29 is 48.0 Å². The molecule has 33 heavy (non-hydrogen) atoms. The maximum atomic E-state index is 2.44. The van der Waals surface area contributed by atoms with Crippen molar-refractivity contribution in [2.75, 3.05) is 0 Å². The Morgan fingerprint density at radius 2 is 1.00 bits per heavy atom. The molecule has 2 aromatic carbocycles. The molecule has 0 aromatic heterocycles. The summed E-state index contributed by atoms with van der Waals surface area (Å²) < 4.78 is 3.50. The Morgan fingerprint density at radius 3 is 1.30 bits per heavy atom. The zero-order valence-corrected chi connectivity index (χ0v) is 27.2. The standard InChI is InChI=1S/2C12H11.C4H14Si2.2ClH.Zr/c2*1-10-7-8-12(9-10)11-5-3-2-4-6-11;1-5-6(2,3)4;;;/h2*2-6,9H,8H2,1H3;5H2,1-4H3;2*1H;/q;;;;;+2/p-2. The molecule has 0 heterocycles. The maximum Gasteiger partial charge on any atom is 0.0307 e. The van der Waals surface area contributed by atoms with E-state index in [2.05, 4.69) is 113 Å². The van der Waals surface area contributed by atoms with Crippen LogP contribution in [-0.2, 0) is 23.2 Å². The summed E-state index contributed by atoms with van der Waals surface area (Å²) in [6.07, 6.45) is 7.17. The zero-order valence-electron chi connectivity index (χ0n) is 20.8. The number of halogens is 2. The monoisotopic (exact) mass is 588 g/mol. The summed E-state index contributed by atoms with van der Waals surface area (Å²) in [6.45, 7) is 14.4. The number of hydrogen-bond acceptors (Lipinski definition) is 0.